The van der Waals surface area contributed by atoms with E-state index in [4.69, 9.17) is 0 Å². The quantitative estimate of drug-likeness (QED) is 0.732. The smallest absolute Gasteiger partial charge is 0.257 e. The van der Waals surface area contributed by atoms with Gasteiger partial charge in [0, 0.05) is 36.1 Å². The Morgan fingerprint density at radius 2 is 1.70 bits per heavy atom. The number of hydrogen-bond donors (Lipinski definition) is 2. The Labute approximate surface area is 158 Å². The molecule has 27 heavy (non-hydrogen) atoms. The Bertz CT molecular complexity index is 991. The van der Waals surface area contributed by atoms with Gasteiger partial charge in [-0.1, -0.05) is 60.2 Å². The molecule has 0 spiro atoms. The Morgan fingerprint density at radius 3 is 2.41 bits per heavy atom. The minimum absolute atomic E-state index is 0.0315. The number of aliphatic hydroxyl groups is 2. The number of nitrogens with zero attached hydrogens (tertiary/aromatic N) is 1. The van der Waals surface area contributed by atoms with Crippen LogP contribution in [0.4, 0.5) is 0 Å². The summed E-state index contributed by atoms with van der Waals surface area (Å²) in [5.74, 6) is -0.192. The minimum Gasteiger partial charge on any atom is -0.396 e. The summed E-state index contributed by atoms with van der Waals surface area (Å²) in [5.41, 5.74) is 2.01. The van der Waals surface area contributed by atoms with Crippen molar-refractivity contribution in [3.8, 4) is 0 Å². The van der Waals surface area contributed by atoms with Gasteiger partial charge in [0.15, 0.2) is 5.72 Å². The number of carbonyl (C=O) groups is 1. The number of rotatable bonds is 5. The van der Waals surface area contributed by atoms with Gasteiger partial charge in [-0.25, -0.2) is 0 Å². The summed E-state index contributed by atoms with van der Waals surface area (Å²) in [6.45, 7) is 2.28. The van der Waals surface area contributed by atoms with Crippen LogP contribution >= 0.6 is 0 Å². The molecule has 3 aromatic rings. The van der Waals surface area contributed by atoms with E-state index >= 15 is 0 Å². The predicted molar refractivity (Wildman–Crippen MR) is 105 cm³/mol. The van der Waals surface area contributed by atoms with E-state index in [1.165, 1.54) is 4.90 Å². The predicted octanol–water partition coefficient (Wildman–Crippen LogP) is 3.37. The normalized spacial score (nSPS) is 18.9. The maximum Gasteiger partial charge on any atom is 0.257 e. The van der Waals surface area contributed by atoms with E-state index in [0.29, 0.717) is 24.9 Å². The second kappa shape index (κ2) is 6.80. The van der Waals surface area contributed by atoms with Gasteiger partial charge in [0.1, 0.15) is 0 Å². The molecule has 4 nitrogen and oxygen atoms in total. The van der Waals surface area contributed by atoms with Crippen molar-refractivity contribution in [1.29, 1.82) is 0 Å². The van der Waals surface area contributed by atoms with Crippen LogP contribution in [0, 0.1) is 6.92 Å². The molecule has 0 saturated carbocycles. The van der Waals surface area contributed by atoms with Crippen LogP contribution in [-0.2, 0) is 12.1 Å². The number of aryl methyl sites for hydroxylation is 1. The van der Waals surface area contributed by atoms with Crippen molar-refractivity contribution in [2.45, 2.75) is 25.5 Å². The van der Waals surface area contributed by atoms with E-state index in [9.17, 15) is 15.0 Å². The lowest BCUT2D eigenvalue weighted by molar-refractivity contribution is -0.0959. The van der Waals surface area contributed by atoms with Crippen molar-refractivity contribution < 1.29 is 15.0 Å². The number of benzene rings is 3. The van der Waals surface area contributed by atoms with Gasteiger partial charge in [0.25, 0.3) is 5.91 Å². The Balaban J connectivity index is 1.90. The molecule has 1 heterocycles. The Hall–Kier alpha value is -2.69. The lowest BCUT2D eigenvalue weighted by atomic mass is 9.83. The average Bonchev–Trinajstić information content (AvgIpc) is 2.68. The summed E-state index contributed by atoms with van der Waals surface area (Å²) < 4.78 is 0. The number of aliphatic hydroxyl groups excluding tert-OH is 1. The van der Waals surface area contributed by atoms with Gasteiger partial charge in [-0.3, -0.25) is 4.79 Å². The standard InChI is InChI=1S/C23H23NO3/c1-16-9-11-17(12-10-16)15-23(27)20-8-3-6-18-5-2-7-19(21(18)20)22(26)24(23)13-4-14-25/h2-3,5-12,25,27H,4,13-15H2,1H3. The fraction of sp³-hybridized carbons (Fsp3) is 0.261. The lowest BCUT2D eigenvalue weighted by Gasteiger charge is -2.44. The van der Waals surface area contributed by atoms with Gasteiger partial charge >= 0.3 is 0 Å². The third kappa shape index (κ3) is 2.91. The van der Waals surface area contributed by atoms with E-state index in [1.807, 2.05) is 67.6 Å². The van der Waals surface area contributed by atoms with Gasteiger partial charge in [-0.05, 0) is 30.4 Å². The topological polar surface area (TPSA) is 60.8 Å². The Kier molecular flexibility index (Phi) is 4.46. The molecule has 1 unspecified atom stereocenters. The van der Waals surface area contributed by atoms with E-state index in [1.54, 1.807) is 0 Å². The molecule has 0 fully saturated rings. The summed E-state index contributed by atoms with van der Waals surface area (Å²) in [7, 11) is 0. The van der Waals surface area contributed by atoms with Crippen molar-refractivity contribution >= 4 is 16.7 Å². The fourth-order valence-corrected chi connectivity index (χ4v) is 4.01. The molecule has 3 aromatic carbocycles. The molecule has 1 aliphatic heterocycles. The van der Waals surface area contributed by atoms with Crippen LogP contribution < -0.4 is 0 Å². The zero-order valence-electron chi connectivity index (χ0n) is 15.4. The highest BCUT2D eigenvalue weighted by Gasteiger charge is 2.45. The molecule has 0 bridgehead atoms. The van der Waals surface area contributed by atoms with Gasteiger partial charge in [-0.15, -0.1) is 0 Å². The summed E-state index contributed by atoms with van der Waals surface area (Å²) in [5, 5.41) is 22.9. The van der Waals surface area contributed by atoms with Crippen molar-refractivity contribution in [2.24, 2.45) is 0 Å². The molecule has 1 atom stereocenters. The number of hydrogen-bond acceptors (Lipinski definition) is 3. The summed E-state index contributed by atoms with van der Waals surface area (Å²) in [6.07, 6.45) is 0.720. The molecular formula is C23H23NO3. The number of amides is 1. The van der Waals surface area contributed by atoms with Crippen molar-refractivity contribution in [1.82, 2.24) is 4.90 Å². The molecule has 2 N–H and O–H groups in total. The van der Waals surface area contributed by atoms with Crippen molar-refractivity contribution in [3.05, 3.63) is 82.9 Å². The first-order valence-electron chi connectivity index (χ1n) is 9.27. The summed E-state index contributed by atoms with van der Waals surface area (Å²) in [6, 6.07) is 19.4. The highest BCUT2D eigenvalue weighted by atomic mass is 16.3. The maximum atomic E-state index is 13.3. The third-order valence-corrected chi connectivity index (χ3v) is 5.37. The van der Waals surface area contributed by atoms with Crippen LogP contribution in [0.15, 0.2) is 60.7 Å². The third-order valence-electron chi connectivity index (χ3n) is 5.37. The van der Waals surface area contributed by atoms with Gasteiger partial charge in [-0.2, -0.15) is 0 Å². The van der Waals surface area contributed by atoms with Crippen LogP contribution in [0.1, 0.15) is 33.5 Å². The monoisotopic (exact) mass is 361 g/mol. The number of carbonyl (C=O) groups excluding carboxylic acids is 1. The second-order valence-electron chi connectivity index (χ2n) is 7.22. The lowest BCUT2D eigenvalue weighted by Crippen LogP contribution is -2.54. The highest BCUT2D eigenvalue weighted by Crippen LogP contribution is 2.41. The van der Waals surface area contributed by atoms with Crippen LogP contribution in [0.2, 0.25) is 0 Å². The molecule has 0 radical (unpaired) electrons. The van der Waals surface area contributed by atoms with Crippen LogP contribution in [0.3, 0.4) is 0 Å². The average molecular weight is 361 g/mol. The molecule has 138 valence electrons. The zero-order valence-corrected chi connectivity index (χ0v) is 15.4. The van der Waals surface area contributed by atoms with E-state index in [0.717, 1.165) is 27.5 Å². The molecule has 4 rings (SSSR count). The first-order valence-corrected chi connectivity index (χ1v) is 9.27. The van der Waals surface area contributed by atoms with Crippen molar-refractivity contribution in [3.63, 3.8) is 0 Å². The first-order chi connectivity index (χ1) is 13.0. The van der Waals surface area contributed by atoms with Gasteiger partial charge in [0.05, 0.1) is 0 Å². The summed E-state index contributed by atoms with van der Waals surface area (Å²) >= 11 is 0. The SMILES string of the molecule is Cc1ccc(CC2(O)c3cccc4cccc(c34)C(=O)N2CCCO)cc1. The molecule has 1 amide bonds. The molecule has 0 aliphatic carbocycles. The van der Waals surface area contributed by atoms with Crippen LogP contribution in [0.5, 0.6) is 0 Å². The van der Waals surface area contributed by atoms with Gasteiger partial charge in [0.2, 0.25) is 0 Å². The largest absolute Gasteiger partial charge is 0.396 e. The molecule has 1 aliphatic rings. The second-order valence-corrected chi connectivity index (χ2v) is 7.22. The maximum absolute atomic E-state index is 13.3. The zero-order chi connectivity index (χ0) is 19.0. The Morgan fingerprint density at radius 1 is 1.00 bits per heavy atom. The highest BCUT2D eigenvalue weighted by molar-refractivity contribution is 6.10. The van der Waals surface area contributed by atoms with Crippen LogP contribution in [0.25, 0.3) is 10.8 Å². The molecular weight excluding hydrogens is 338 g/mol. The molecule has 4 heteroatoms. The molecule has 0 aromatic heterocycles. The van der Waals surface area contributed by atoms with Gasteiger partial charge < -0.3 is 15.1 Å². The molecule has 0 saturated heterocycles. The van der Waals surface area contributed by atoms with E-state index in [-0.39, 0.29) is 12.5 Å². The summed E-state index contributed by atoms with van der Waals surface area (Å²) in [4.78, 5) is 14.8. The van der Waals surface area contributed by atoms with E-state index < -0.39 is 5.72 Å². The minimum atomic E-state index is -1.45. The fourth-order valence-electron chi connectivity index (χ4n) is 4.01. The first kappa shape index (κ1) is 17.7. The van der Waals surface area contributed by atoms with E-state index in [2.05, 4.69) is 0 Å². The van der Waals surface area contributed by atoms with Crippen molar-refractivity contribution in [2.75, 3.05) is 13.2 Å². The van der Waals surface area contributed by atoms with Crippen LogP contribution in [-0.4, -0.2) is 34.2 Å².